The first-order valence-corrected chi connectivity index (χ1v) is 8.76. The van der Waals surface area contributed by atoms with Crippen LogP contribution in [0.1, 0.15) is 37.2 Å². The van der Waals surface area contributed by atoms with E-state index < -0.39 is 0 Å². The fourth-order valence-electron chi connectivity index (χ4n) is 3.26. The number of rotatable bonds is 3. The van der Waals surface area contributed by atoms with Crippen LogP contribution >= 0.6 is 0 Å². The molecule has 2 aliphatic heterocycles. The third kappa shape index (κ3) is 3.80. The molecule has 2 aliphatic rings. The van der Waals surface area contributed by atoms with Crippen molar-refractivity contribution in [2.45, 2.75) is 26.7 Å². The van der Waals surface area contributed by atoms with E-state index in [0.717, 1.165) is 57.5 Å². The van der Waals surface area contributed by atoms with Crippen LogP contribution in [0.2, 0.25) is 0 Å². The molecule has 0 spiro atoms. The molecular weight excluding hydrogens is 290 g/mol. The summed E-state index contributed by atoms with van der Waals surface area (Å²) in [6.07, 6.45) is 5.79. The van der Waals surface area contributed by atoms with Gasteiger partial charge in [-0.1, -0.05) is 13.8 Å². The number of hydrogen-bond acceptors (Lipinski definition) is 5. The number of aromatic nitrogens is 2. The molecule has 0 radical (unpaired) electrons. The van der Waals surface area contributed by atoms with E-state index in [1.165, 1.54) is 12.8 Å². The summed E-state index contributed by atoms with van der Waals surface area (Å²) in [6.45, 7) is 11.0. The number of anilines is 1. The van der Waals surface area contributed by atoms with Gasteiger partial charge in [0.2, 0.25) is 0 Å². The van der Waals surface area contributed by atoms with E-state index in [4.69, 9.17) is 0 Å². The quantitative estimate of drug-likeness (QED) is 0.845. The van der Waals surface area contributed by atoms with Gasteiger partial charge in [-0.2, -0.15) is 0 Å². The summed E-state index contributed by atoms with van der Waals surface area (Å²) in [5.41, 5.74) is 0.462. The minimum Gasteiger partial charge on any atom is -0.355 e. The zero-order valence-corrected chi connectivity index (χ0v) is 14.2. The van der Waals surface area contributed by atoms with E-state index in [0.29, 0.717) is 5.69 Å². The van der Waals surface area contributed by atoms with Gasteiger partial charge >= 0.3 is 0 Å². The molecular formula is C17H27N5O. The highest BCUT2D eigenvalue weighted by atomic mass is 16.2. The maximum atomic E-state index is 12.5. The van der Waals surface area contributed by atoms with Gasteiger partial charge in [-0.3, -0.25) is 4.79 Å². The molecule has 0 bridgehead atoms. The Morgan fingerprint density at radius 1 is 1.09 bits per heavy atom. The number of piperazine rings is 1. The van der Waals surface area contributed by atoms with E-state index in [-0.39, 0.29) is 5.91 Å². The molecule has 0 aromatic carbocycles. The number of nitrogens with zero attached hydrogens (tertiary/aromatic N) is 5. The summed E-state index contributed by atoms with van der Waals surface area (Å²) in [5, 5.41) is 0. The Balaban J connectivity index is 1.59. The van der Waals surface area contributed by atoms with Crippen LogP contribution in [0.25, 0.3) is 0 Å². The lowest BCUT2D eigenvalue weighted by molar-refractivity contribution is 0.0637. The smallest absolute Gasteiger partial charge is 0.274 e. The van der Waals surface area contributed by atoms with Crippen molar-refractivity contribution >= 4 is 11.7 Å². The van der Waals surface area contributed by atoms with Gasteiger partial charge in [0, 0.05) is 39.3 Å². The standard InChI is InChI=1S/C17H27N5O/c1-3-20-8-10-22(11-9-20)17(23)15-12-19-16(13-18-15)21-6-4-14(2)5-7-21/h12-14H,3-11H2,1-2H3. The average molecular weight is 317 g/mol. The van der Waals surface area contributed by atoms with Crippen LogP contribution in [0, 0.1) is 5.92 Å². The minimum absolute atomic E-state index is 0.00655. The molecule has 126 valence electrons. The highest BCUT2D eigenvalue weighted by molar-refractivity contribution is 5.92. The van der Waals surface area contributed by atoms with Gasteiger partial charge in [-0.25, -0.2) is 9.97 Å². The average Bonchev–Trinajstić information content (AvgIpc) is 2.62. The largest absolute Gasteiger partial charge is 0.355 e. The summed E-state index contributed by atoms with van der Waals surface area (Å²) >= 11 is 0. The predicted octanol–water partition coefficient (Wildman–Crippen LogP) is 1.49. The Bertz CT molecular complexity index is 516. The lowest BCUT2D eigenvalue weighted by Crippen LogP contribution is -2.48. The molecule has 2 saturated heterocycles. The van der Waals surface area contributed by atoms with Crippen LogP contribution in [-0.2, 0) is 0 Å². The van der Waals surface area contributed by atoms with Crippen molar-refractivity contribution in [3.63, 3.8) is 0 Å². The maximum absolute atomic E-state index is 12.5. The van der Waals surface area contributed by atoms with Gasteiger partial charge < -0.3 is 14.7 Å². The maximum Gasteiger partial charge on any atom is 0.274 e. The number of carbonyl (C=O) groups is 1. The summed E-state index contributed by atoms with van der Waals surface area (Å²) in [5.74, 6) is 1.69. The molecule has 3 rings (SSSR count). The summed E-state index contributed by atoms with van der Waals surface area (Å²) in [4.78, 5) is 27.9. The van der Waals surface area contributed by atoms with Crippen molar-refractivity contribution in [1.82, 2.24) is 19.8 Å². The van der Waals surface area contributed by atoms with E-state index in [9.17, 15) is 4.79 Å². The molecule has 1 aromatic heterocycles. The molecule has 6 nitrogen and oxygen atoms in total. The predicted molar refractivity (Wildman–Crippen MR) is 90.7 cm³/mol. The second-order valence-electron chi connectivity index (χ2n) is 6.66. The van der Waals surface area contributed by atoms with E-state index >= 15 is 0 Å². The third-order valence-electron chi connectivity index (χ3n) is 5.07. The molecule has 0 saturated carbocycles. The first-order chi connectivity index (χ1) is 11.2. The van der Waals surface area contributed by atoms with Crippen LogP contribution < -0.4 is 4.90 Å². The van der Waals surface area contributed by atoms with Crippen molar-refractivity contribution in [3.05, 3.63) is 18.1 Å². The molecule has 1 aromatic rings. The van der Waals surface area contributed by atoms with Crippen molar-refractivity contribution < 1.29 is 4.79 Å². The number of hydrogen-bond donors (Lipinski definition) is 0. The molecule has 23 heavy (non-hydrogen) atoms. The monoisotopic (exact) mass is 317 g/mol. The molecule has 0 aliphatic carbocycles. The molecule has 0 N–H and O–H groups in total. The SMILES string of the molecule is CCN1CCN(C(=O)c2cnc(N3CCC(C)CC3)cn2)CC1. The highest BCUT2D eigenvalue weighted by Gasteiger charge is 2.23. The van der Waals surface area contributed by atoms with Crippen LogP contribution in [0.15, 0.2) is 12.4 Å². The molecule has 3 heterocycles. The van der Waals surface area contributed by atoms with Crippen LogP contribution in [-0.4, -0.2) is 71.5 Å². The first kappa shape index (κ1) is 16.2. The Morgan fingerprint density at radius 3 is 2.35 bits per heavy atom. The second kappa shape index (κ2) is 7.25. The zero-order valence-electron chi connectivity index (χ0n) is 14.2. The Labute approximate surface area is 138 Å². The Hall–Kier alpha value is -1.69. The van der Waals surface area contributed by atoms with Gasteiger partial charge in [0.1, 0.15) is 11.5 Å². The van der Waals surface area contributed by atoms with Crippen molar-refractivity contribution in [2.24, 2.45) is 5.92 Å². The molecule has 0 atom stereocenters. The van der Waals surface area contributed by atoms with Crippen LogP contribution in [0.5, 0.6) is 0 Å². The van der Waals surface area contributed by atoms with Crippen molar-refractivity contribution in [1.29, 1.82) is 0 Å². The van der Waals surface area contributed by atoms with Gasteiger partial charge in [-0.15, -0.1) is 0 Å². The lowest BCUT2D eigenvalue weighted by atomic mass is 9.99. The number of likely N-dealkylation sites (N-methyl/N-ethyl adjacent to an activating group) is 1. The van der Waals surface area contributed by atoms with E-state index in [1.807, 2.05) is 4.90 Å². The first-order valence-electron chi connectivity index (χ1n) is 8.76. The topological polar surface area (TPSA) is 52.6 Å². The molecule has 0 unspecified atom stereocenters. The zero-order chi connectivity index (χ0) is 16.2. The summed E-state index contributed by atoms with van der Waals surface area (Å²) in [7, 11) is 0. The fourth-order valence-corrected chi connectivity index (χ4v) is 3.26. The molecule has 2 fully saturated rings. The lowest BCUT2D eigenvalue weighted by Gasteiger charge is -2.34. The fraction of sp³-hybridized carbons (Fsp3) is 0.706. The van der Waals surface area contributed by atoms with Crippen molar-refractivity contribution in [3.8, 4) is 0 Å². The van der Waals surface area contributed by atoms with Crippen molar-refractivity contribution in [2.75, 3.05) is 50.7 Å². The number of piperidine rings is 1. The Morgan fingerprint density at radius 2 is 1.78 bits per heavy atom. The number of amides is 1. The normalized spacial score (nSPS) is 20.8. The van der Waals surface area contributed by atoms with Gasteiger partial charge in [-0.05, 0) is 25.3 Å². The van der Waals surface area contributed by atoms with Crippen LogP contribution in [0.3, 0.4) is 0 Å². The second-order valence-corrected chi connectivity index (χ2v) is 6.66. The summed E-state index contributed by atoms with van der Waals surface area (Å²) in [6, 6.07) is 0. The summed E-state index contributed by atoms with van der Waals surface area (Å²) < 4.78 is 0. The Kier molecular flexibility index (Phi) is 5.10. The van der Waals surface area contributed by atoms with Gasteiger partial charge in [0.15, 0.2) is 0 Å². The van der Waals surface area contributed by atoms with Gasteiger partial charge in [0.25, 0.3) is 5.91 Å². The molecule has 1 amide bonds. The number of carbonyl (C=O) groups excluding carboxylic acids is 1. The highest BCUT2D eigenvalue weighted by Crippen LogP contribution is 2.20. The minimum atomic E-state index is 0.00655. The molecule has 6 heteroatoms. The van der Waals surface area contributed by atoms with Crippen LogP contribution in [0.4, 0.5) is 5.82 Å². The third-order valence-corrected chi connectivity index (χ3v) is 5.07. The van der Waals surface area contributed by atoms with Gasteiger partial charge in [0.05, 0.1) is 12.4 Å². The van der Waals surface area contributed by atoms with E-state index in [2.05, 4.69) is 33.6 Å². The van der Waals surface area contributed by atoms with E-state index in [1.54, 1.807) is 12.4 Å².